The molecule has 1 unspecified atom stereocenters. The first-order valence-corrected chi connectivity index (χ1v) is 6.71. The molecule has 0 aromatic heterocycles. The Balaban J connectivity index is 1.88. The first kappa shape index (κ1) is 13.1. The van der Waals surface area contributed by atoms with Crippen LogP contribution in [-0.4, -0.2) is 35.1 Å². The number of likely N-dealkylation sites (tertiary alicyclic amines) is 1. The predicted octanol–water partition coefficient (Wildman–Crippen LogP) is 2.73. The second-order valence-corrected chi connectivity index (χ2v) is 5.10. The maximum atomic E-state index is 10.9. The Labute approximate surface area is 108 Å². The van der Waals surface area contributed by atoms with Crippen molar-refractivity contribution in [1.82, 2.24) is 4.90 Å². The molecule has 98 valence electrons. The molecule has 0 spiro atoms. The quantitative estimate of drug-likeness (QED) is 0.840. The first-order valence-electron chi connectivity index (χ1n) is 6.71. The summed E-state index contributed by atoms with van der Waals surface area (Å²) in [4.78, 5) is 13.2. The van der Waals surface area contributed by atoms with E-state index in [4.69, 9.17) is 5.11 Å². The van der Waals surface area contributed by atoms with Gasteiger partial charge in [0.15, 0.2) is 0 Å². The molecule has 1 fully saturated rings. The molecule has 1 aromatic rings. The number of aliphatic carboxylic acids is 1. The summed E-state index contributed by atoms with van der Waals surface area (Å²) in [5, 5.41) is 8.94. The van der Waals surface area contributed by atoms with Crippen molar-refractivity contribution in [2.75, 3.05) is 13.1 Å². The third-order valence-electron chi connectivity index (χ3n) is 3.73. The van der Waals surface area contributed by atoms with Crippen LogP contribution in [-0.2, 0) is 4.79 Å². The van der Waals surface area contributed by atoms with Gasteiger partial charge in [0, 0.05) is 25.0 Å². The number of carbonyl (C=O) groups is 1. The lowest BCUT2D eigenvalue weighted by Crippen LogP contribution is -2.51. The van der Waals surface area contributed by atoms with E-state index in [1.54, 1.807) is 0 Å². The minimum atomic E-state index is -0.684. The molecule has 0 amide bonds. The Hall–Kier alpha value is -1.35. The van der Waals surface area contributed by atoms with Gasteiger partial charge in [-0.05, 0) is 12.0 Å². The Morgan fingerprint density at radius 3 is 2.61 bits per heavy atom. The van der Waals surface area contributed by atoms with Gasteiger partial charge < -0.3 is 5.11 Å². The summed E-state index contributed by atoms with van der Waals surface area (Å²) in [5.41, 5.74) is 1.37. The number of nitrogens with zero attached hydrogens (tertiary/aromatic N) is 1. The van der Waals surface area contributed by atoms with E-state index >= 15 is 0 Å². The van der Waals surface area contributed by atoms with Crippen LogP contribution in [0.25, 0.3) is 0 Å². The van der Waals surface area contributed by atoms with E-state index in [1.165, 1.54) is 5.56 Å². The molecule has 1 atom stereocenters. The lowest BCUT2D eigenvalue weighted by Gasteiger charge is -2.44. The molecule has 2 rings (SSSR count). The smallest absolute Gasteiger partial charge is 0.304 e. The van der Waals surface area contributed by atoms with E-state index in [0.717, 1.165) is 25.9 Å². The zero-order valence-corrected chi connectivity index (χ0v) is 10.9. The lowest BCUT2D eigenvalue weighted by atomic mass is 9.88. The van der Waals surface area contributed by atoms with Crippen LogP contribution in [0.2, 0.25) is 0 Å². The van der Waals surface area contributed by atoms with Crippen molar-refractivity contribution < 1.29 is 9.90 Å². The number of rotatable bonds is 6. The number of hydrogen-bond donors (Lipinski definition) is 1. The molecule has 0 radical (unpaired) electrons. The highest BCUT2D eigenvalue weighted by atomic mass is 16.4. The molecule has 1 heterocycles. The topological polar surface area (TPSA) is 40.5 Å². The summed E-state index contributed by atoms with van der Waals surface area (Å²) >= 11 is 0. The molecule has 1 aliphatic rings. The molecule has 18 heavy (non-hydrogen) atoms. The average Bonchev–Trinajstić information content (AvgIpc) is 2.28. The van der Waals surface area contributed by atoms with Crippen molar-refractivity contribution in [3.8, 4) is 0 Å². The van der Waals surface area contributed by atoms with Gasteiger partial charge in [-0.15, -0.1) is 0 Å². The van der Waals surface area contributed by atoms with Gasteiger partial charge in [-0.3, -0.25) is 9.69 Å². The van der Waals surface area contributed by atoms with Gasteiger partial charge in [-0.25, -0.2) is 0 Å². The maximum absolute atomic E-state index is 10.9. The van der Waals surface area contributed by atoms with Crippen LogP contribution >= 0.6 is 0 Å². The summed E-state index contributed by atoms with van der Waals surface area (Å²) in [6.07, 6.45) is 2.30. The Bertz CT molecular complexity index is 385. The molecule has 0 aliphatic carbocycles. The summed E-state index contributed by atoms with van der Waals surface area (Å²) in [5.74, 6) is -0.101. The van der Waals surface area contributed by atoms with Crippen molar-refractivity contribution in [2.45, 2.75) is 38.1 Å². The minimum Gasteiger partial charge on any atom is -0.481 e. The number of carboxylic acid groups (broad SMARTS) is 1. The van der Waals surface area contributed by atoms with Crippen LogP contribution in [0.5, 0.6) is 0 Å². The van der Waals surface area contributed by atoms with Crippen molar-refractivity contribution in [1.29, 1.82) is 0 Å². The fraction of sp³-hybridized carbons (Fsp3) is 0.533. The van der Waals surface area contributed by atoms with E-state index < -0.39 is 5.97 Å². The van der Waals surface area contributed by atoms with Crippen LogP contribution in [0, 0.1) is 0 Å². The summed E-state index contributed by atoms with van der Waals surface area (Å²) in [7, 11) is 0. The monoisotopic (exact) mass is 247 g/mol. The Morgan fingerprint density at radius 2 is 2.06 bits per heavy atom. The standard InChI is InChI=1S/C15H21NO2/c1-2-6-14(9-15(17)18)16-10-13(11-16)12-7-4-3-5-8-12/h3-5,7-8,13-14H,2,6,9-11H2,1H3,(H,17,18). The van der Waals surface area contributed by atoms with Gasteiger partial charge in [0.2, 0.25) is 0 Å². The fourth-order valence-electron chi connectivity index (χ4n) is 2.70. The summed E-state index contributed by atoms with van der Waals surface area (Å²) in [6.45, 7) is 4.12. The van der Waals surface area contributed by atoms with E-state index in [-0.39, 0.29) is 12.5 Å². The molecular formula is C15H21NO2. The van der Waals surface area contributed by atoms with Crippen LogP contribution < -0.4 is 0 Å². The lowest BCUT2D eigenvalue weighted by molar-refractivity contribution is -0.139. The van der Waals surface area contributed by atoms with Crippen LogP contribution in [0.3, 0.4) is 0 Å². The predicted molar refractivity (Wildman–Crippen MR) is 71.7 cm³/mol. The minimum absolute atomic E-state index is 0.215. The normalized spacial score (nSPS) is 18.3. The molecule has 1 saturated heterocycles. The van der Waals surface area contributed by atoms with Gasteiger partial charge in [0.05, 0.1) is 6.42 Å². The summed E-state index contributed by atoms with van der Waals surface area (Å²) in [6, 6.07) is 10.7. The largest absolute Gasteiger partial charge is 0.481 e. The number of hydrogen-bond acceptors (Lipinski definition) is 2. The molecule has 1 N–H and O–H groups in total. The van der Waals surface area contributed by atoms with Crippen LogP contribution in [0.15, 0.2) is 30.3 Å². The van der Waals surface area contributed by atoms with Gasteiger partial charge in [0.1, 0.15) is 0 Å². The Kier molecular flexibility index (Phi) is 4.37. The van der Waals surface area contributed by atoms with Gasteiger partial charge in [0.25, 0.3) is 0 Å². The van der Waals surface area contributed by atoms with Crippen molar-refractivity contribution in [3.05, 3.63) is 35.9 Å². The average molecular weight is 247 g/mol. The van der Waals surface area contributed by atoms with Crippen LogP contribution in [0.1, 0.15) is 37.7 Å². The highest BCUT2D eigenvalue weighted by molar-refractivity contribution is 5.67. The van der Waals surface area contributed by atoms with Crippen molar-refractivity contribution in [2.24, 2.45) is 0 Å². The molecule has 3 nitrogen and oxygen atoms in total. The zero-order chi connectivity index (χ0) is 13.0. The fourth-order valence-corrected chi connectivity index (χ4v) is 2.70. The first-order chi connectivity index (χ1) is 8.70. The molecular weight excluding hydrogens is 226 g/mol. The van der Waals surface area contributed by atoms with E-state index in [1.807, 2.05) is 6.07 Å². The van der Waals surface area contributed by atoms with Crippen LogP contribution in [0.4, 0.5) is 0 Å². The molecule has 1 aliphatic heterocycles. The highest BCUT2D eigenvalue weighted by Crippen LogP contribution is 2.30. The number of carboxylic acids is 1. The second kappa shape index (κ2) is 6.01. The Morgan fingerprint density at radius 1 is 1.39 bits per heavy atom. The summed E-state index contributed by atoms with van der Waals surface area (Å²) < 4.78 is 0. The molecule has 3 heteroatoms. The van der Waals surface area contributed by atoms with Crippen molar-refractivity contribution >= 4 is 5.97 Å². The third kappa shape index (κ3) is 3.10. The van der Waals surface area contributed by atoms with Gasteiger partial charge in [-0.2, -0.15) is 0 Å². The molecule has 0 saturated carbocycles. The molecule has 0 bridgehead atoms. The van der Waals surface area contributed by atoms with Crippen molar-refractivity contribution in [3.63, 3.8) is 0 Å². The van der Waals surface area contributed by atoms with E-state index in [2.05, 4.69) is 36.1 Å². The van der Waals surface area contributed by atoms with Gasteiger partial charge >= 0.3 is 5.97 Å². The second-order valence-electron chi connectivity index (χ2n) is 5.10. The number of benzene rings is 1. The maximum Gasteiger partial charge on any atom is 0.304 e. The van der Waals surface area contributed by atoms with E-state index in [0.29, 0.717) is 5.92 Å². The zero-order valence-electron chi connectivity index (χ0n) is 10.9. The SMILES string of the molecule is CCCC(CC(=O)O)N1CC(c2ccccc2)C1. The highest BCUT2D eigenvalue weighted by Gasteiger charge is 2.33. The van der Waals surface area contributed by atoms with E-state index in [9.17, 15) is 4.79 Å². The third-order valence-corrected chi connectivity index (χ3v) is 3.73. The molecule has 1 aromatic carbocycles. The van der Waals surface area contributed by atoms with Gasteiger partial charge in [-0.1, -0.05) is 43.7 Å².